The minimum absolute atomic E-state index is 0.00927. The van der Waals surface area contributed by atoms with Crippen LogP contribution in [0.4, 0.5) is 4.39 Å². The first-order valence-corrected chi connectivity index (χ1v) is 7.00. The molecule has 1 heterocycles. The summed E-state index contributed by atoms with van der Waals surface area (Å²) in [6.45, 7) is 7.27. The van der Waals surface area contributed by atoms with E-state index in [-0.39, 0.29) is 18.3 Å². The van der Waals surface area contributed by atoms with Crippen molar-refractivity contribution in [3.05, 3.63) is 30.1 Å². The van der Waals surface area contributed by atoms with E-state index < -0.39 is 0 Å². The zero-order valence-corrected chi connectivity index (χ0v) is 12.4. The van der Waals surface area contributed by atoms with E-state index in [9.17, 15) is 9.18 Å². The molecule has 0 spiro atoms. The van der Waals surface area contributed by atoms with Crippen molar-refractivity contribution in [2.24, 2.45) is 0 Å². The van der Waals surface area contributed by atoms with Crippen LogP contribution in [0.1, 0.15) is 13.8 Å². The number of nitrogens with zero attached hydrogens (tertiary/aromatic N) is 2. The highest BCUT2D eigenvalue weighted by molar-refractivity contribution is 5.77. The Balaban J connectivity index is 0.000000956. The van der Waals surface area contributed by atoms with Crippen LogP contribution in [-0.2, 0) is 4.79 Å². The molecule has 4 nitrogen and oxygen atoms in total. The monoisotopic (exact) mass is 282 g/mol. The molecule has 0 aromatic heterocycles. The van der Waals surface area contributed by atoms with E-state index in [0.717, 1.165) is 26.2 Å². The van der Waals surface area contributed by atoms with Gasteiger partial charge in [0.05, 0.1) is 0 Å². The molecule has 0 atom stereocenters. The standard InChI is InChI=1S/C13H17FN2O2.C2H6/c1-15-6-8-16(9-7-15)13(17)10-18-12-4-2-11(14)3-5-12;1-2/h2-5H,6-10H2,1H3;1-2H3. The lowest BCUT2D eigenvalue weighted by atomic mass is 10.3. The lowest BCUT2D eigenvalue weighted by molar-refractivity contribution is -0.134. The lowest BCUT2D eigenvalue weighted by Gasteiger charge is -2.32. The van der Waals surface area contributed by atoms with Crippen molar-refractivity contribution < 1.29 is 13.9 Å². The molecule has 1 saturated heterocycles. The zero-order chi connectivity index (χ0) is 15.0. The SMILES string of the molecule is CC.CN1CCN(C(=O)COc2ccc(F)cc2)CC1. The first-order chi connectivity index (χ1) is 9.65. The molecule has 2 rings (SSSR count). The van der Waals surface area contributed by atoms with E-state index in [1.165, 1.54) is 24.3 Å². The average molecular weight is 282 g/mol. The molecule has 1 aromatic carbocycles. The van der Waals surface area contributed by atoms with Crippen LogP contribution in [-0.4, -0.2) is 55.5 Å². The molecular formula is C15H23FN2O2. The third-order valence-electron chi connectivity index (χ3n) is 3.03. The van der Waals surface area contributed by atoms with Gasteiger partial charge >= 0.3 is 0 Å². The van der Waals surface area contributed by atoms with Crippen molar-refractivity contribution in [3.63, 3.8) is 0 Å². The van der Waals surface area contributed by atoms with Crippen molar-refractivity contribution in [1.29, 1.82) is 0 Å². The number of hydrogen-bond acceptors (Lipinski definition) is 3. The van der Waals surface area contributed by atoms with Gasteiger partial charge in [0.25, 0.3) is 5.91 Å². The third kappa shape index (κ3) is 5.17. The molecule has 20 heavy (non-hydrogen) atoms. The van der Waals surface area contributed by atoms with E-state index in [1.807, 2.05) is 20.9 Å². The van der Waals surface area contributed by atoms with Crippen LogP contribution in [0.5, 0.6) is 5.75 Å². The maximum absolute atomic E-state index is 12.7. The second-order valence-corrected chi connectivity index (χ2v) is 4.43. The zero-order valence-electron chi connectivity index (χ0n) is 12.4. The molecule has 5 heteroatoms. The quantitative estimate of drug-likeness (QED) is 0.850. The van der Waals surface area contributed by atoms with Gasteiger partial charge in [0, 0.05) is 26.2 Å². The summed E-state index contributed by atoms with van der Waals surface area (Å²) in [5.74, 6) is 0.180. The van der Waals surface area contributed by atoms with Gasteiger partial charge in [-0.15, -0.1) is 0 Å². The highest BCUT2D eigenvalue weighted by Crippen LogP contribution is 2.11. The van der Waals surface area contributed by atoms with Gasteiger partial charge in [-0.25, -0.2) is 4.39 Å². The first-order valence-electron chi connectivity index (χ1n) is 7.00. The number of carbonyl (C=O) groups is 1. The van der Waals surface area contributed by atoms with Crippen molar-refractivity contribution >= 4 is 5.91 Å². The molecule has 0 saturated carbocycles. The smallest absolute Gasteiger partial charge is 0.260 e. The number of carbonyl (C=O) groups excluding carboxylic acids is 1. The Morgan fingerprint density at radius 3 is 2.25 bits per heavy atom. The largest absolute Gasteiger partial charge is 0.484 e. The van der Waals surface area contributed by atoms with Gasteiger partial charge in [-0.2, -0.15) is 0 Å². The number of amides is 1. The van der Waals surface area contributed by atoms with Crippen LogP contribution in [0, 0.1) is 5.82 Å². The number of likely N-dealkylation sites (N-methyl/N-ethyl adjacent to an activating group) is 1. The molecule has 1 aliphatic heterocycles. The summed E-state index contributed by atoms with van der Waals surface area (Å²) in [4.78, 5) is 15.8. The van der Waals surface area contributed by atoms with Crippen LogP contribution >= 0.6 is 0 Å². The van der Waals surface area contributed by atoms with E-state index in [1.54, 1.807) is 4.90 Å². The fourth-order valence-electron chi connectivity index (χ4n) is 1.82. The summed E-state index contributed by atoms with van der Waals surface area (Å²) >= 11 is 0. The van der Waals surface area contributed by atoms with E-state index in [0.29, 0.717) is 5.75 Å². The van der Waals surface area contributed by atoms with E-state index in [4.69, 9.17) is 4.74 Å². The minimum Gasteiger partial charge on any atom is -0.484 e. The summed E-state index contributed by atoms with van der Waals surface area (Å²) in [5.41, 5.74) is 0. The number of ether oxygens (including phenoxy) is 1. The molecule has 1 amide bonds. The lowest BCUT2D eigenvalue weighted by Crippen LogP contribution is -2.48. The van der Waals surface area contributed by atoms with Crippen molar-refractivity contribution in [1.82, 2.24) is 9.80 Å². The molecule has 0 aliphatic carbocycles. The Bertz CT molecular complexity index is 401. The van der Waals surface area contributed by atoms with Crippen LogP contribution < -0.4 is 4.74 Å². The maximum Gasteiger partial charge on any atom is 0.260 e. The van der Waals surface area contributed by atoms with Gasteiger partial charge in [0.15, 0.2) is 6.61 Å². The number of halogens is 1. The van der Waals surface area contributed by atoms with Gasteiger partial charge in [-0.1, -0.05) is 13.8 Å². The van der Waals surface area contributed by atoms with Gasteiger partial charge < -0.3 is 14.5 Å². The Hall–Kier alpha value is -1.62. The van der Waals surface area contributed by atoms with Crippen LogP contribution in [0.25, 0.3) is 0 Å². The molecule has 1 aliphatic rings. The van der Waals surface area contributed by atoms with Crippen LogP contribution in [0.15, 0.2) is 24.3 Å². The number of benzene rings is 1. The van der Waals surface area contributed by atoms with Crippen LogP contribution in [0.2, 0.25) is 0 Å². The molecule has 0 unspecified atom stereocenters. The molecule has 0 N–H and O–H groups in total. The predicted molar refractivity (Wildman–Crippen MR) is 77.3 cm³/mol. The fraction of sp³-hybridized carbons (Fsp3) is 0.533. The number of rotatable bonds is 3. The Morgan fingerprint density at radius 2 is 1.70 bits per heavy atom. The third-order valence-corrected chi connectivity index (χ3v) is 3.03. The van der Waals surface area contributed by atoms with Crippen molar-refractivity contribution in [3.8, 4) is 5.75 Å². The Labute approximate surface area is 120 Å². The highest BCUT2D eigenvalue weighted by atomic mass is 19.1. The van der Waals surface area contributed by atoms with E-state index in [2.05, 4.69) is 4.90 Å². The normalized spacial score (nSPS) is 15.3. The summed E-state index contributed by atoms with van der Waals surface area (Å²) in [5, 5.41) is 0. The molecule has 1 fully saturated rings. The summed E-state index contributed by atoms with van der Waals surface area (Å²) in [6, 6.07) is 5.67. The second-order valence-electron chi connectivity index (χ2n) is 4.43. The summed E-state index contributed by atoms with van der Waals surface area (Å²) < 4.78 is 18.0. The molecule has 0 bridgehead atoms. The number of piperazine rings is 1. The summed E-state index contributed by atoms with van der Waals surface area (Å²) in [7, 11) is 2.04. The molecule has 0 radical (unpaired) electrons. The van der Waals surface area contributed by atoms with Crippen LogP contribution in [0.3, 0.4) is 0 Å². The molecule has 1 aromatic rings. The average Bonchev–Trinajstić information content (AvgIpc) is 2.49. The van der Waals surface area contributed by atoms with Gasteiger partial charge in [-0.05, 0) is 31.3 Å². The first kappa shape index (κ1) is 16.4. The molecule has 112 valence electrons. The van der Waals surface area contributed by atoms with Gasteiger partial charge in [0.2, 0.25) is 0 Å². The van der Waals surface area contributed by atoms with Gasteiger partial charge in [0.1, 0.15) is 11.6 Å². The van der Waals surface area contributed by atoms with E-state index >= 15 is 0 Å². The number of hydrogen-bond donors (Lipinski definition) is 0. The highest BCUT2D eigenvalue weighted by Gasteiger charge is 2.19. The van der Waals surface area contributed by atoms with Crippen molar-refractivity contribution in [2.75, 3.05) is 39.8 Å². The second kappa shape index (κ2) is 8.53. The maximum atomic E-state index is 12.7. The minimum atomic E-state index is -0.312. The summed E-state index contributed by atoms with van der Waals surface area (Å²) in [6.07, 6.45) is 0. The van der Waals surface area contributed by atoms with Crippen molar-refractivity contribution in [2.45, 2.75) is 13.8 Å². The topological polar surface area (TPSA) is 32.8 Å². The fourth-order valence-corrected chi connectivity index (χ4v) is 1.82. The molecular weight excluding hydrogens is 259 g/mol. The van der Waals surface area contributed by atoms with Gasteiger partial charge in [-0.3, -0.25) is 4.79 Å². The predicted octanol–water partition coefficient (Wildman–Crippen LogP) is 2.00. The Morgan fingerprint density at radius 1 is 1.15 bits per heavy atom. The Kier molecular flexibility index (Phi) is 7.01.